The average molecular weight is 249 g/mol. The third kappa shape index (κ3) is 39.1. The molecule has 1 nitrogen and oxygen atoms in total. The van der Waals surface area contributed by atoms with Gasteiger partial charge in [0.25, 0.3) is 0 Å². The van der Waals surface area contributed by atoms with Crippen molar-refractivity contribution in [2.45, 2.75) is 0 Å². The Morgan fingerprint density at radius 3 is 1.00 bits per heavy atom. The van der Waals surface area contributed by atoms with Crippen molar-refractivity contribution in [3.05, 3.63) is 0 Å². The van der Waals surface area contributed by atoms with E-state index in [0.717, 1.165) is 0 Å². The molecule has 0 aromatic heterocycles. The zero-order valence-corrected chi connectivity index (χ0v) is 6.42. The van der Waals surface area contributed by atoms with Gasteiger partial charge in [-0.15, -0.1) is 0 Å². The van der Waals surface area contributed by atoms with Gasteiger partial charge < -0.3 is 38.8 Å². The van der Waals surface area contributed by atoms with Gasteiger partial charge in [0.15, 0.2) is 0 Å². The Kier molecular flexibility index (Phi) is 483. The van der Waals surface area contributed by atoms with Gasteiger partial charge in [0.1, 0.15) is 6.79 Å². The van der Waals surface area contributed by atoms with E-state index in [2.05, 4.69) is 0 Å². The molecule has 0 atom stereocenters. The van der Waals surface area contributed by atoms with Crippen molar-refractivity contribution in [1.82, 2.24) is 0 Å². The Bertz CT molecular complexity index is 9.61. The van der Waals surface area contributed by atoms with E-state index in [1.54, 1.807) is 0 Å². The monoisotopic (exact) mass is 247 g/mol. The van der Waals surface area contributed by atoms with Crippen LogP contribution in [0.15, 0.2) is 0 Å². The Morgan fingerprint density at radius 2 is 1.00 bits per heavy atom. The second-order valence-electron chi connectivity index (χ2n) is 0. The van der Waals surface area contributed by atoms with Crippen LogP contribution in [0.25, 0.3) is 0 Å². The zero-order chi connectivity index (χ0) is 2.00. The Labute approximate surface area is 62.2 Å². The Hall–Kier alpha value is 1.14. The molecule has 0 rings (SSSR count). The number of halogens is 2. The van der Waals surface area contributed by atoms with Gasteiger partial charge in [-0.2, -0.15) is 0 Å². The molecule has 0 aromatic rings. The van der Waals surface area contributed by atoms with Crippen LogP contribution in [0, 0.1) is 0 Å². The number of hydrogen-bond donors (Lipinski definition) is 0. The molecule has 0 saturated carbocycles. The van der Waals surface area contributed by atoms with E-state index in [9.17, 15) is 0 Å². The molecule has 4 heteroatoms. The third-order valence-electron chi connectivity index (χ3n) is 0. The summed E-state index contributed by atoms with van der Waals surface area (Å²) in [6.45, 7) is 2.00. The van der Waals surface area contributed by atoms with Crippen molar-refractivity contribution in [3.8, 4) is 0 Å². The van der Waals surface area contributed by atoms with Crippen LogP contribution in [0.4, 0.5) is 0 Å². The first-order chi connectivity index (χ1) is 1.00. The molecule has 0 amide bonds. The molecule has 0 fully saturated rings. The maximum absolute atomic E-state index is 8.00. The number of carbonyl (C=O) groups is 1. The van der Waals surface area contributed by atoms with Crippen LogP contribution in [0.2, 0.25) is 0 Å². The molecular weight excluding hydrogens is 247 g/mol. The number of rotatable bonds is 0. The van der Waals surface area contributed by atoms with Gasteiger partial charge in [-0.3, -0.25) is 0 Å². The van der Waals surface area contributed by atoms with Crippen LogP contribution >= 0.6 is 0 Å². The van der Waals surface area contributed by atoms with Crippen LogP contribution in [-0.2, 0) is 21.6 Å². The second-order valence-corrected chi connectivity index (χ2v) is 0. The molecule has 5 heavy (non-hydrogen) atoms. The van der Waals surface area contributed by atoms with Gasteiger partial charge in [-0.1, -0.05) is 0 Å². The van der Waals surface area contributed by atoms with E-state index in [-0.39, 0.29) is 50.7 Å². The van der Waals surface area contributed by atoms with Crippen molar-refractivity contribution >= 4 is 6.79 Å². The predicted octanol–water partition coefficient (Wildman–Crippen LogP) is -6.18. The van der Waals surface area contributed by atoms with Crippen LogP contribution in [0.3, 0.4) is 0 Å². The molecule has 0 aliphatic heterocycles. The maximum atomic E-state index is 8.00. The SMILES string of the molecule is C=O.[Br-].[Br-].[Co+2]. The summed E-state index contributed by atoms with van der Waals surface area (Å²) >= 11 is 0. The van der Waals surface area contributed by atoms with Crippen LogP contribution in [0.1, 0.15) is 0 Å². The minimum absolute atomic E-state index is 0. The topological polar surface area (TPSA) is 17.1 Å². The average Bonchev–Trinajstić information content (AvgIpc) is 1.00. The van der Waals surface area contributed by atoms with E-state index in [1.807, 2.05) is 6.79 Å². The first-order valence-electron chi connectivity index (χ1n) is 0.289. The molecule has 0 bridgehead atoms. The number of carbonyl (C=O) groups excluding carboxylic acids is 1. The molecule has 0 N–H and O–H groups in total. The van der Waals surface area contributed by atoms with E-state index in [1.165, 1.54) is 0 Å². The minimum atomic E-state index is 0. The molecule has 0 saturated heterocycles. The maximum Gasteiger partial charge on any atom is 2.00 e. The number of hydrogen-bond acceptors (Lipinski definition) is 1. The molecule has 0 aromatic carbocycles. The standard InChI is InChI=1S/CH2O.2BrH.Co/c1-2;;;/h1H2;2*1H;/q;;;+2/p-2. The molecule has 1 radical (unpaired) electrons. The predicted molar refractivity (Wildman–Crippen MR) is 7.12 cm³/mol. The zero-order valence-electron chi connectivity index (χ0n) is 2.20. The van der Waals surface area contributed by atoms with Gasteiger partial charge in [-0.25, -0.2) is 0 Å². The first-order valence-corrected chi connectivity index (χ1v) is 0.289. The molecule has 0 aliphatic carbocycles. The minimum Gasteiger partial charge on any atom is -1.00 e. The van der Waals surface area contributed by atoms with E-state index in [0.29, 0.717) is 0 Å². The molecule has 0 unspecified atom stereocenters. The molecule has 0 aliphatic rings. The molecular formula is CH2Br2CoO. The van der Waals surface area contributed by atoms with Crippen LogP contribution in [-0.4, -0.2) is 6.79 Å². The van der Waals surface area contributed by atoms with Crippen molar-refractivity contribution in [2.24, 2.45) is 0 Å². The largest absolute Gasteiger partial charge is 2.00 e. The fourth-order valence-corrected chi connectivity index (χ4v) is 0. The summed E-state index contributed by atoms with van der Waals surface area (Å²) in [4.78, 5) is 8.00. The van der Waals surface area contributed by atoms with Crippen LogP contribution in [0.5, 0.6) is 0 Å². The third-order valence-corrected chi connectivity index (χ3v) is 0. The second kappa shape index (κ2) is 68.0. The summed E-state index contributed by atoms with van der Waals surface area (Å²) in [6.07, 6.45) is 0. The van der Waals surface area contributed by atoms with Gasteiger partial charge in [0.05, 0.1) is 0 Å². The fourth-order valence-electron chi connectivity index (χ4n) is 0. The molecule has 35 valence electrons. The van der Waals surface area contributed by atoms with Gasteiger partial charge in [-0.05, 0) is 0 Å². The van der Waals surface area contributed by atoms with Gasteiger partial charge in [0, 0.05) is 0 Å². The summed E-state index contributed by atoms with van der Waals surface area (Å²) < 4.78 is 0. The summed E-state index contributed by atoms with van der Waals surface area (Å²) in [7, 11) is 0. The first kappa shape index (κ1) is 35.5. The van der Waals surface area contributed by atoms with Crippen molar-refractivity contribution in [1.29, 1.82) is 0 Å². The van der Waals surface area contributed by atoms with E-state index in [4.69, 9.17) is 4.79 Å². The van der Waals surface area contributed by atoms with Crippen molar-refractivity contribution < 1.29 is 55.5 Å². The van der Waals surface area contributed by atoms with Crippen molar-refractivity contribution in [2.75, 3.05) is 0 Å². The summed E-state index contributed by atoms with van der Waals surface area (Å²) in [5.74, 6) is 0. The van der Waals surface area contributed by atoms with Crippen molar-refractivity contribution in [3.63, 3.8) is 0 Å². The Balaban J connectivity index is -0.00000000167. The Morgan fingerprint density at radius 1 is 1.00 bits per heavy atom. The molecule has 0 heterocycles. The van der Waals surface area contributed by atoms with Crippen LogP contribution < -0.4 is 34.0 Å². The normalized spacial score (nSPS) is 0.800. The summed E-state index contributed by atoms with van der Waals surface area (Å²) in [5, 5.41) is 0. The fraction of sp³-hybridized carbons (Fsp3) is 0. The van der Waals surface area contributed by atoms with E-state index < -0.39 is 0 Å². The smallest absolute Gasteiger partial charge is 1.00 e. The van der Waals surface area contributed by atoms with E-state index >= 15 is 0 Å². The van der Waals surface area contributed by atoms with Gasteiger partial charge >= 0.3 is 16.8 Å². The summed E-state index contributed by atoms with van der Waals surface area (Å²) in [6, 6.07) is 0. The quantitative estimate of drug-likeness (QED) is 0.417. The van der Waals surface area contributed by atoms with Gasteiger partial charge in [0.2, 0.25) is 0 Å². The summed E-state index contributed by atoms with van der Waals surface area (Å²) in [5.41, 5.74) is 0. The molecule has 0 spiro atoms.